The van der Waals surface area contributed by atoms with E-state index in [1.54, 1.807) is 0 Å². The van der Waals surface area contributed by atoms with Crippen molar-refractivity contribution in [2.75, 3.05) is 13.2 Å². The minimum absolute atomic E-state index is 0.336. The predicted octanol–water partition coefficient (Wildman–Crippen LogP) is 2.04. The van der Waals surface area contributed by atoms with Crippen LogP contribution in [0.15, 0.2) is 4.99 Å². The van der Waals surface area contributed by atoms with Gasteiger partial charge in [-0.15, -0.1) is 0 Å². The normalized spacial score (nSPS) is 30.4. The first-order valence-corrected chi connectivity index (χ1v) is 7.41. The van der Waals surface area contributed by atoms with Crippen LogP contribution < -0.4 is 11.1 Å². The highest BCUT2D eigenvalue weighted by Gasteiger charge is 2.56. The summed E-state index contributed by atoms with van der Waals surface area (Å²) in [6.07, 6.45) is 7.76. The molecule has 0 amide bonds. The van der Waals surface area contributed by atoms with Crippen LogP contribution in [-0.2, 0) is 4.74 Å². The SMILES string of the molecule is CCCN=C(N)NC1CC(OCC)C12CCCC2. The van der Waals surface area contributed by atoms with E-state index in [0.29, 0.717) is 23.5 Å². The smallest absolute Gasteiger partial charge is 0.188 e. The van der Waals surface area contributed by atoms with Gasteiger partial charge in [0.2, 0.25) is 0 Å². The molecular formula is C14H27N3O. The number of hydrogen-bond donors (Lipinski definition) is 2. The van der Waals surface area contributed by atoms with Crippen LogP contribution in [0.4, 0.5) is 0 Å². The van der Waals surface area contributed by atoms with Crippen LogP contribution in [0.3, 0.4) is 0 Å². The molecule has 0 saturated heterocycles. The van der Waals surface area contributed by atoms with Crippen LogP contribution in [-0.4, -0.2) is 31.3 Å². The van der Waals surface area contributed by atoms with Crippen molar-refractivity contribution in [1.29, 1.82) is 0 Å². The average Bonchev–Trinajstić information content (AvgIpc) is 2.87. The molecule has 0 aromatic rings. The molecule has 1 spiro atoms. The molecule has 2 fully saturated rings. The second-order valence-electron chi connectivity index (χ2n) is 5.58. The van der Waals surface area contributed by atoms with Gasteiger partial charge in [0.05, 0.1) is 6.10 Å². The van der Waals surface area contributed by atoms with E-state index in [9.17, 15) is 0 Å². The Hall–Kier alpha value is -0.770. The lowest BCUT2D eigenvalue weighted by molar-refractivity contribution is -0.125. The van der Waals surface area contributed by atoms with Gasteiger partial charge in [0.15, 0.2) is 5.96 Å². The van der Waals surface area contributed by atoms with E-state index in [1.165, 1.54) is 25.7 Å². The average molecular weight is 253 g/mol. The summed E-state index contributed by atoms with van der Waals surface area (Å²) in [6.45, 7) is 5.83. The molecule has 0 aromatic heterocycles. The van der Waals surface area contributed by atoms with Crippen molar-refractivity contribution in [3.8, 4) is 0 Å². The molecule has 4 nitrogen and oxygen atoms in total. The minimum atomic E-state index is 0.336. The van der Waals surface area contributed by atoms with Crippen LogP contribution in [0.2, 0.25) is 0 Å². The molecule has 3 N–H and O–H groups in total. The lowest BCUT2D eigenvalue weighted by Gasteiger charge is -2.54. The maximum absolute atomic E-state index is 5.94. The first kappa shape index (κ1) is 13.7. The topological polar surface area (TPSA) is 59.6 Å². The van der Waals surface area contributed by atoms with Crippen LogP contribution in [0.5, 0.6) is 0 Å². The van der Waals surface area contributed by atoms with E-state index in [2.05, 4.69) is 24.2 Å². The summed E-state index contributed by atoms with van der Waals surface area (Å²) in [4.78, 5) is 4.33. The Labute approximate surface area is 110 Å². The summed E-state index contributed by atoms with van der Waals surface area (Å²) in [5.41, 5.74) is 6.27. The molecule has 0 heterocycles. The molecular weight excluding hydrogens is 226 g/mol. The van der Waals surface area contributed by atoms with Crippen molar-refractivity contribution >= 4 is 5.96 Å². The zero-order chi connectivity index (χ0) is 13.0. The molecule has 4 heteroatoms. The summed E-state index contributed by atoms with van der Waals surface area (Å²) in [7, 11) is 0. The number of guanidine groups is 1. The molecule has 2 atom stereocenters. The van der Waals surface area contributed by atoms with Gasteiger partial charge in [-0.2, -0.15) is 0 Å². The zero-order valence-corrected chi connectivity index (χ0v) is 11.7. The monoisotopic (exact) mass is 253 g/mol. The second kappa shape index (κ2) is 5.91. The van der Waals surface area contributed by atoms with E-state index in [0.717, 1.165) is 26.0 Å². The van der Waals surface area contributed by atoms with Crippen molar-refractivity contribution in [1.82, 2.24) is 5.32 Å². The number of nitrogens with zero attached hydrogens (tertiary/aromatic N) is 1. The van der Waals surface area contributed by atoms with E-state index >= 15 is 0 Å². The molecule has 0 radical (unpaired) electrons. The number of rotatable bonds is 5. The third-order valence-electron chi connectivity index (χ3n) is 4.52. The number of nitrogens with one attached hydrogen (secondary N) is 1. The Balaban J connectivity index is 1.93. The zero-order valence-electron chi connectivity index (χ0n) is 11.7. The fourth-order valence-electron chi connectivity index (χ4n) is 3.55. The Kier molecular flexibility index (Phi) is 4.49. The van der Waals surface area contributed by atoms with Gasteiger partial charge in [0.1, 0.15) is 0 Å². The van der Waals surface area contributed by atoms with Crippen LogP contribution in [0.25, 0.3) is 0 Å². The van der Waals surface area contributed by atoms with Gasteiger partial charge in [-0.3, -0.25) is 4.99 Å². The largest absolute Gasteiger partial charge is 0.378 e. The van der Waals surface area contributed by atoms with Crippen molar-refractivity contribution in [3.05, 3.63) is 0 Å². The van der Waals surface area contributed by atoms with Gasteiger partial charge < -0.3 is 15.8 Å². The van der Waals surface area contributed by atoms with E-state index in [-0.39, 0.29) is 0 Å². The third-order valence-corrected chi connectivity index (χ3v) is 4.52. The fraction of sp³-hybridized carbons (Fsp3) is 0.929. The molecule has 2 aliphatic rings. The summed E-state index contributed by atoms with van der Waals surface area (Å²) in [5.74, 6) is 0.614. The van der Waals surface area contributed by atoms with Gasteiger partial charge in [-0.05, 0) is 32.6 Å². The molecule has 2 rings (SSSR count). The molecule has 0 aromatic carbocycles. The van der Waals surface area contributed by atoms with Crippen molar-refractivity contribution < 1.29 is 4.74 Å². The van der Waals surface area contributed by atoms with Crippen LogP contribution in [0, 0.1) is 5.41 Å². The Morgan fingerprint density at radius 1 is 1.39 bits per heavy atom. The Morgan fingerprint density at radius 3 is 2.72 bits per heavy atom. The van der Waals surface area contributed by atoms with Gasteiger partial charge >= 0.3 is 0 Å². The predicted molar refractivity (Wildman–Crippen MR) is 74.6 cm³/mol. The lowest BCUT2D eigenvalue weighted by atomic mass is 9.60. The summed E-state index contributed by atoms with van der Waals surface area (Å²) in [6, 6.07) is 0.470. The number of ether oxygens (including phenoxy) is 1. The molecule has 18 heavy (non-hydrogen) atoms. The standard InChI is InChI=1S/C14H27N3O/c1-3-9-16-13(15)17-11-10-12(18-4-2)14(11)7-5-6-8-14/h11-12H,3-10H2,1-2H3,(H3,15,16,17). The maximum atomic E-state index is 5.94. The molecule has 104 valence electrons. The highest BCUT2D eigenvalue weighted by atomic mass is 16.5. The minimum Gasteiger partial charge on any atom is -0.378 e. The summed E-state index contributed by atoms with van der Waals surface area (Å²) < 4.78 is 5.89. The van der Waals surface area contributed by atoms with Gasteiger partial charge in [-0.1, -0.05) is 19.8 Å². The van der Waals surface area contributed by atoms with E-state index in [4.69, 9.17) is 10.5 Å². The Morgan fingerprint density at radius 2 is 2.11 bits per heavy atom. The molecule has 0 bridgehead atoms. The quantitative estimate of drug-likeness (QED) is 0.582. The van der Waals surface area contributed by atoms with Crippen molar-refractivity contribution in [3.63, 3.8) is 0 Å². The third kappa shape index (κ3) is 2.48. The van der Waals surface area contributed by atoms with Crippen molar-refractivity contribution in [2.24, 2.45) is 16.1 Å². The highest BCUT2D eigenvalue weighted by Crippen LogP contribution is 2.54. The first-order chi connectivity index (χ1) is 8.73. The highest BCUT2D eigenvalue weighted by molar-refractivity contribution is 5.78. The van der Waals surface area contributed by atoms with E-state index < -0.39 is 0 Å². The number of hydrogen-bond acceptors (Lipinski definition) is 2. The number of nitrogens with two attached hydrogens (primary N) is 1. The fourth-order valence-corrected chi connectivity index (χ4v) is 3.55. The Bertz CT molecular complexity index is 297. The van der Waals surface area contributed by atoms with Crippen LogP contribution >= 0.6 is 0 Å². The van der Waals surface area contributed by atoms with Crippen molar-refractivity contribution in [2.45, 2.75) is 64.5 Å². The van der Waals surface area contributed by atoms with Crippen LogP contribution in [0.1, 0.15) is 52.4 Å². The lowest BCUT2D eigenvalue weighted by Crippen LogP contribution is -2.64. The first-order valence-electron chi connectivity index (χ1n) is 7.41. The van der Waals surface area contributed by atoms with Gasteiger partial charge in [0, 0.05) is 24.6 Å². The molecule has 2 aliphatic carbocycles. The number of aliphatic imine (C=N–C) groups is 1. The molecule has 2 unspecified atom stereocenters. The summed E-state index contributed by atoms with van der Waals surface area (Å²) >= 11 is 0. The molecule has 0 aliphatic heterocycles. The van der Waals surface area contributed by atoms with Gasteiger partial charge in [0.25, 0.3) is 0 Å². The van der Waals surface area contributed by atoms with E-state index in [1.807, 2.05) is 0 Å². The maximum Gasteiger partial charge on any atom is 0.188 e. The molecule has 2 saturated carbocycles. The second-order valence-corrected chi connectivity index (χ2v) is 5.58. The van der Waals surface area contributed by atoms with Gasteiger partial charge in [-0.25, -0.2) is 0 Å². The summed E-state index contributed by atoms with van der Waals surface area (Å²) in [5, 5.41) is 3.42.